The molecule has 2 N–H and O–H groups in total. The molecule has 0 aliphatic carbocycles. The summed E-state index contributed by atoms with van der Waals surface area (Å²) in [5.41, 5.74) is 0.971. The third-order valence-electron chi connectivity index (χ3n) is 2.24. The molecule has 0 fully saturated rings. The number of carbonyl (C=O) groups is 1. The molecular weight excluding hydrogens is 230 g/mol. The van der Waals surface area contributed by atoms with Crippen molar-refractivity contribution in [2.75, 3.05) is 6.61 Å². The van der Waals surface area contributed by atoms with Gasteiger partial charge in [0.15, 0.2) is 0 Å². The van der Waals surface area contributed by atoms with Crippen molar-refractivity contribution >= 4 is 17.5 Å². The molecule has 6 heteroatoms. The van der Waals surface area contributed by atoms with Crippen LogP contribution in [0.1, 0.15) is 29.9 Å². The minimum Gasteiger partial charge on any atom is -0.394 e. The molecule has 16 heavy (non-hydrogen) atoms. The quantitative estimate of drug-likeness (QED) is 0.831. The van der Waals surface area contributed by atoms with Crippen LogP contribution in [0.5, 0.6) is 0 Å². The van der Waals surface area contributed by atoms with Gasteiger partial charge < -0.3 is 10.4 Å². The molecule has 5 nitrogen and oxygen atoms in total. The van der Waals surface area contributed by atoms with E-state index in [2.05, 4.69) is 10.4 Å². The van der Waals surface area contributed by atoms with Gasteiger partial charge in [-0.2, -0.15) is 5.10 Å². The van der Waals surface area contributed by atoms with Gasteiger partial charge in [0.25, 0.3) is 5.91 Å². The second kappa shape index (κ2) is 5.32. The Kier molecular flexibility index (Phi) is 4.32. The van der Waals surface area contributed by atoms with Crippen molar-refractivity contribution in [1.82, 2.24) is 15.1 Å². The lowest BCUT2D eigenvalue weighted by Gasteiger charge is -2.10. The van der Waals surface area contributed by atoms with Crippen molar-refractivity contribution in [3.05, 3.63) is 16.4 Å². The van der Waals surface area contributed by atoms with Crippen molar-refractivity contribution in [3.8, 4) is 0 Å². The molecule has 0 spiro atoms. The number of nitrogens with zero attached hydrogens (tertiary/aromatic N) is 2. The van der Waals surface area contributed by atoms with Crippen LogP contribution < -0.4 is 5.32 Å². The molecule has 1 amide bonds. The Morgan fingerprint density at radius 2 is 2.31 bits per heavy atom. The zero-order valence-electron chi connectivity index (χ0n) is 9.62. The highest BCUT2D eigenvalue weighted by Crippen LogP contribution is 2.19. The van der Waals surface area contributed by atoms with Gasteiger partial charge in [-0.15, -0.1) is 0 Å². The second-order valence-electron chi connectivity index (χ2n) is 3.62. The number of nitrogens with one attached hydrogen (secondary N) is 1. The van der Waals surface area contributed by atoms with E-state index in [1.165, 1.54) is 0 Å². The highest BCUT2D eigenvalue weighted by molar-refractivity contribution is 6.33. The van der Waals surface area contributed by atoms with Crippen LogP contribution in [0.4, 0.5) is 0 Å². The Labute approximate surface area is 99.4 Å². The summed E-state index contributed by atoms with van der Waals surface area (Å²) in [5.74, 6) is -0.302. The lowest BCUT2D eigenvalue weighted by molar-refractivity contribution is 0.0922. The van der Waals surface area contributed by atoms with Crippen molar-refractivity contribution in [2.45, 2.75) is 33.4 Å². The van der Waals surface area contributed by atoms with E-state index >= 15 is 0 Å². The fourth-order valence-corrected chi connectivity index (χ4v) is 1.74. The SMILES string of the molecule is CCn1nc(C)c(C(=O)NC(C)CO)c1Cl. The topological polar surface area (TPSA) is 67.2 Å². The summed E-state index contributed by atoms with van der Waals surface area (Å²) in [6, 6.07) is -0.298. The molecule has 0 saturated heterocycles. The Bertz CT molecular complexity index is 390. The average molecular weight is 246 g/mol. The number of aliphatic hydroxyl groups excluding tert-OH is 1. The number of aromatic nitrogens is 2. The fourth-order valence-electron chi connectivity index (χ4n) is 1.36. The monoisotopic (exact) mass is 245 g/mol. The van der Waals surface area contributed by atoms with Gasteiger partial charge in [-0.05, 0) is 20.8 Å². The molecule has 0 aliphatic heterocycles. The fraction of sp³-hybridized carbons (Fsp3) is 0.600. The highest BCUT2D eigenvalue weighted by Gasteiger charge is 2.20. The molecule has 0 aliphatic rings. The Balaban J connectivity index is 2.95. The number of hydrogen-bond acceptors (Lipinski definition) is 3. The van der Waals surface area contributed by atoms with Crippen molar-refractivity contribution in [2.24, 2.45) is 0 Å². The smallest absolute Gasteiger partial charge is 0.256 e. The third kappa shape index (κ3) is 2.54. The second-order valence-corrected chi connectivity index (χ2v) is 3.98. The minimum atomic E-state index is -0.302. The van der Waals surface area contributed by atoms with Gasteiger partial charge in [-0.1, -0.05) is 11.6 Å². The van der Waals surface area contributed by atoms with E-state index in [1.807, 2.05) is 6.92 Å². The van der Waals surface area contributed by atoms with E-state index in [-0.39, 0.29) is 18.6 Å². The van der Waals surface area contributed by atoms with E-state index in [4.69, 9.17) is 16.7 Å². The van der Waals surface area contributed by atoms with Gasteiger partial charge in [0.2, 0.25) is 0 Å². The van der Waals surface area contributed by atoms with E-state index in [9.17, 15) is 4.79 Å². The number of hydrogen-bond donors (Lipinski definition) is 2. The normalized spacial score (nSPS) is 12.6. The van der Waals surface area contributed by atoms with Crippen LogP contribution in [0.3, 0.4) is 0 Å². The van der Waals surface area contributed by atoms with Gasteiger partial charge in [0.1, 0.15) is 5.15 Å². The minimum absolute atomic E-state index is 0.107. The summed E-state index contributed by atoms with van der Waals surface area (Å²) < 4.78 is 1.56. The molecule has 0 saturated carbocycles. The van der Waals surface area contributed by atoms with Crippen LogP contribution in [0, 0.1) is 6.92 Å². The van der Waals surface area contributed by atoms with Crippen LogP contribution in [0.2, 0.25) is 5.15 Å². The first kappa shape index (κ1) is 13.0. The van der Waals surface area contributed by atoms with Crippen LogP contribution >= 0.6 is 11.6 Å². The molecular formula is C10H16ClN3O2. The molecule has 90 valence electrons. The number of carbonyl (C=O) groups excluding carboxylic acids is 1. The first-order chi connectivity index (χ1) is 7.51. The predicted octanol–water partition coefficient (Wildman–Crippen LogP) is 0.975. The molecule has 0 radical (unpaired) electrons. The number of halogens is 1. The maximum Gasteiger partial charge on any atom is 0.256 e. The maximum absolute atomic E-state index is 11.8. The molecule has 1 rings (SSSR count). The van der Waals surface area contributed by atoms with Gasteiger partial charge >= 0.3 is 0 Å². The largest absolute Gasteiger partial charge is 0.394 e. The average Bonchev–Trinajstić information content (AvgIpc) is 2.53. The predicted molar refractivity (Wildman–Crippen MR) is 61.7 cm³/mol. The first-order valence-corrected chi connectivity index (χ1v) is 5.53. The molecule has 1 unspecified atom stereocenters. The van der Waals surface area contributed by atoms with E-state index in [0.29, 0.717) is 23.0 Å². The summed E-state index contributed by atoms with van der Waals surface area (Å²) >= 11 is 6.03. The number of aryl methyl sites for hydroxylation is 2. The molecule has 1 heterocycles. The van der Waals surface area contributed by atoms with Gasteiger partial charge in [0.05, 0.1) is 17.9 Å². The van der Waals surface area contributed by atoms with Crippen LogP contribution in [-0.2, 0) is 6.54 Å². The van der Waals surface area contributed by atoms with Crippen LogP contribution in [0.25, 0.3) is 0 Å². The van der Waals surface area contributed by atoms with Crippen LogP contribution in [-0.4, -0.2) is 33.4 Å². The maximum atomic E-state index is 11.8. The third-order valence-corrected chi connectivity index (χ3v) is 2.63. The number of amides is 1. The molecule has 1 atom stereocenters. The van der Waals surface area contributed by atoms with Gasteiger partial charge in [-0.25, -0.2) is 0 Å². The summed E-state index contributed by atoms with van der Waals surface area (Å²) in [5, 5.41) is 16.0. The molecule has 0 bridgehead atoms. The van der Waals surface area contributed by atoms with Gasteiger partial charge in [0, 0.05) is 12.6 Å². The lowest BCUT2D eigenvalue weighted by atomic mass is 10.2. The van der Waals surface area contributed by atoms with E-state index < -0.39 is 0 Å². The number of rotatable bonds is 4. The van der Waals surface area contributed by atoms with Crippen molar-refractivity contribution < 1.29 is 9.90 Å². The summed E-state index contributed by atoms with van der Waals surface area (Å²) in [7, 11) is 0. The van der Waals surface area contributed by atoms with Crippen molar-refractivity contribution in [1.29, 1.82) is 0 Å². The Morgan fingerprint density at radius 3 is 2.75 bits per heavy atom. The van der Waals surface area contributed by atoms with E-state index in [0.717, 1.165) is 0 Å². The Hall–Kier alpha value is -1.07. The zero-order chi connectivity index (χ0) is 12.3. The summed E-state index contributed by atoms with van der Waals surface area (Å²) in [6.45, 7) is 5.85. The molecule has 1 aromatic rings. The Morgan fingerprint density at radius 1 is 1.69 bits per heavy atom. The van der Waals surface area contributed by atoms with Gasteiger partial charge in [-0.3, -0.25) is 9.48 Å². The standard InChI is InChI=1S/C10H16ClN3O2/c1-4-14-9(11)8(7(3)13-14)10(16)12-6(2)5-15/h6,15H,4-5H2,1-3H3,(H,12,16). The molecule has 1 aromatic heterocycles. The number of aliphatic hydroxyl groups is 1. The lowest BCUT2D eigenvalue weighted by Crippen LogP contribution is -2.35. The highest BCUT2D eigenvalue weighted by atomic mass is 35.5. The van der Waals surface area contributed by atoms with E-state index in [1.54, 1.807) is 18.5 Å². The van der Waals surface area contributed by atoms with Crippen molar-refractivity contribution in [3.63, 3.8) is 0 Å². The zero-order valence-corrected chi connectivity index (χ0v) is 10.4. The molecule has 0 aromatic carbocycles. The summed E-state index contributed by atoms with van der Waals surface area (Å²) in [6.07, 6.45) is 0. The van der Waals surface area contributed by atoms with Crippen LogP contribution in [0.15, 0.2) is 0 Å². The summed E-state index contributed by atoms with van der Waals surface area (Å²) in [4.78, 5) is 11.8. The first-order valence-electron chi connectivity index (χ1n) is 5.15.